The van der Waals surface area contributed by atoms with Gasteiger partial charge in [0.1, 0.15) is 6.54 Å². The Hall–Kier alpha value is -0.900. The van der Waals surface area contributed by atoms with Gasteiger partial charge in [0, 0.05) is 12.1 Å². The van der Waals surface area contributed by atoms with E-state index in [4.69, 9.17) is 5.73 Å². The van der Waals surface area contributed by atoms with Gasteiger partial charge in [0.25, 0.3) is 0 Å². The van der Waals surface area contributed by atoms with Crippen LogP contribution in [0.3, 0.4) is 0 Å². The van der Waals surface area contributed by atoms with Gasteiger partial charge in [-0.25, -0.2) is 0 Å². The van der Waals surface area contributed by atoms with Gasteiger partial charge in [-0.2, -0.15) is 0 Å². The van der Waals surface area contributed by atoms with Crippen LogP contribution in [0, 0.1) is 0 Å². The smallest absolute Gasteiger partial charge is 0.104 e. The van der Waals surface area contributed by atoms with Crippen LogP contribution in [0.15, 0.2) is 24.3 Å². The Bertz CT molecular complexity index is 388. The standard InChI is InChI=1S/C19H36N3/c1-4-12-21-13-6-7-15-22(3,14-5-2)17-19-10-8-18(16-20)9-11-19/h8-11,21H,4-7,12-17,20H2,1-3H3/q+1. The van der Waals surface area contributed by atoms with E-state index in [1.165, 1.54) is 49.9 Å². The number of hydrogen-bond donors (Lipinski definition) is 2. The van der Waals surface area contributed by atoms with Crippen LogP contribution in [-0.2, 0) is 13.1 Å². The van der Waals surface area contributed by atoms with Crippen molar-refractivity contribution < 1.29 is 4.48 Å². The third-order valence-electron chi connectivity index (χ3n) is 4.31. The van der Waals surface area contributed by atoms with Gasteiger partial charge in [0.15, 0.2) is 0 Å². The fourth-order valence-electron chi connectivity index (χ4n) is 3.08. The summed E-state index contributed by atoms with van der Waals surface area (Å²) in [6.07, 6.45) is 5.05. The van der Waals surface area contributed by atoms with Gasteiger partial charge >= 0.3 is 0 Å². The number of nitrogens with two attached hydrogens (primary N) is 1. The van der Waals surface area contributed by atoms with E-state index in [9.17, 15) is 0 Å². The van der Waals surface area contributed by atoms with Crippen LogP contribution < -0.4 is 11.1 Å². The summed E-state index contributed by atoms with van der Waals surface area (Å²) in [4.78, 5) is 0. The van der Waals surface area contributed by atoms with Gasteiger partial charge in [0.2, 0.25) is 0 Å². The Morgan fingerprint density at radius 1 is 0.909 bits per heavy atom. The molecule has 1 atom stereocenters. The van der Waals surface area contributed by atoms with Crippen LogP contribution in [0.25, 0.3) is 0 Å². The Balaban J connectivity index is 2.46. The number of nitrogens with zero attached hydrogens (tertiary/aromatic N) is 1. The Morgan fingerprint density at radius 2 is 1.59 bits per heavy atom. The average molecular weight is 307 g/mol. The molecule has 1 unspecified atom stereocenters. The third-order valence-corrected chi connectivity index (χ3v) is 4.31. The van der Waals surface area contributed by atoms with Crippen LogP contribution in [0.2, 0.25) is 0 Å². The molecule has 0 saturated carbocycles. The number of rotatable bonds is 12. The highest BCUT2D eigenvalue weighted by Gasteiger charge is 2.20. The molecular formula is C19H36N3+. The minimum Gasteiger partial charge on any atom is -0.326 e. The second-order valence-electron chi connectivity index (χ2n) is 6.70. The van der Waals surface area contributed by atoms with Crippen LogP contribution in [-0.4, -0.2) is 37.7 Å². The zero-order valence-electron chi connectivity index (χ0n) is 14.9. The molecule has 0 aliphatic rings. The average Bonchev–Trinajstić information content (AvgIpc) is 2.52. The molecule has 0 radical (unpaired) electrons. The minimum absolute atomic E-state index is 0.631. The first-order valence-electron chi connectivity index (χ1n) is 8.95. The monoisotopic (exact) mass is 306 g/mol. The molecule has 0 aromatic heterocycles. The summed E-state index contributed by atoms with van der Waals surface area (Å²) in [5.41, 5.74) is 8.33. The molecule has 1 rings (SSSR count). The summed E-state index contributed by atoms with van der Waals surface area (Å²) < 4.78 is 1.15. The SMILES string of the molecule is CCCNCCCC[N+](C)(CCC)Cc1ccc(CN)cc1. The van der Waals surface area contributed by atoms with E-state index in [-0.39, 0.29) is 0 Å². The first-order chi connectivity index (χ1) is 10.6. The van der Waals surface area contributed by atoms with E-state index in [2.05, 4.69) is 50.5 Å². The van der Waals surface area contributed by atoms with Crippen molar-refractivity contribution in [3.05, 3.63) is 35.4 Å². The lowest BCUT2D eigenvalue weighted by molar-refractivity contribution is -0.922. The van der Waals surface area contributed by atoms with Crippen LogP contribution in [0.4, 0.5) is 0 Å². The molecule has 0 spiro atoms. The largest absolute Gasteiger partial charge is 0.326 e. The quantitative estimate of drug-likeness (QED) is 0.459. The molecule has 3 N–H and O–H groups in total. The predicted octanol–water partition coefficient (Wildman–Crippen LogP) is 3.28. The summed E-state index contributed by atoms with van der Waals surface area (Å²) >= 11 is 0. The van der Waals surface area contributed by atoms with Crippen LogP contribution >= 0.6 is 0 Å². The van der Waals surface area contributed by atoms with Crippen LogP contribution in [0.5, 0.6) is 0 Å². The number of nitrogens with one attached hydrogen (secondary N) is 1. The molecule has 0 amide bonds. The molecule has 3 nitrogen and oxygen atoms in total. The van der Waals surface area contributed by atoms with E-state index < -0.39 is 0 Å². The Kier molecular flexibility index (Phi) is 9.37. The normalized spacial score (nSPS) is 14.0. The summed E-state index contributed by atoms with van der Waals surface area (Å²) in [6.45, 7) is 11.1. The number of hydrogen-bond acceptors (Lipinski definition) is 2. The minimum atomic E-state index is 0.631. The highest BCUT2D eigenvalue weighted by Crippen LogP contribution is 2.15. The molecule has 0 aliphatic carbocycles. The third kappa shape index (κ3) is 7.39. The number of quaternary nitrogens is 1. The molecule has 3 heteroatoms. The summed E-state index contributed by atoms with van der Waals surface area (Å²) in [5, 5.41) is 3.50. The molecule has 0 bridgehead atoms. The topological polar surface area (TPSA) is 38.0 Å². The second kappa shape index (κ2) is 10.8. The first kappa shape index (κ1) is 19.1. The molecule has 126 valence electrons. The van der Waals surface area contributed by atoms with Gasteiger partial charge in [-0.05, 0) is 44.3 Å². The summed E-state index contributed by atoms with van der Waals surface area (Å²) in [5.74, 6) is 0. The van der Waals surface area contributed by atoms with Crippen molar-refractivity contribution in [2.45, 2.75) is 52.6 Å². The number of unbranched alkanes of at least 4 members (excludes halogenated alkanes) is 1. The van der Waals surface area contributed by atoms with E-state index in [0.717, 1.165) is 24.1 Å². The lowest BCUT2D eigenvalue weighted by Gasteiger charge is -2.34. The second-order valence-corrected chi connectivity index (χ2v) is 6.70. The zero-order valence-corrected chi connectivity index (χ0v) is 14.9. The molecule has 1 aromatic rings. The van der Waals surface area contributed by atoms with Crippen LogP contribution in [0.1, 0.15) is 50.7 Å². The van der Waals surface area contributed by atoms with Gasteiger partial charge in [-0.3, -0.25) is 0 Å². The van der Waals surface area contributed by atoms with Crippen molar-refractivity contribution in [3.63, 3.8) is 0 Å². The van der Waals surface area contributed by atoms with Gasteiger partial charge < -0.3 is 15.5 Å². The molecule has 0 saturated heterocycles. The van der Waals surface area contributed by atoms with Crippen molar-refractivity contribution >= 4 is 0 Å². The molecule has 0 heterocycles. The molecule has 0 aliphatic heterocycles. The summed E-state index contributed by atoms with van der Waals surface area (Å²) in [6, 6.07) is 8.83. The van der Waals surface area contributed by atoms with E-state index in [0.29, 0.717) is 6.54 Å². The van der Waals surface area contributed by atoms with Gasteiger partial charge in [-0.1, -0.05) is 38.1 Å². The maximum atomic E-state index is 5.68. The van der Waals surface area contributed by atoms with Crippen molar-refractivity contribution in [3.8, 4) is 0 Å². The fraction of sp³-hybridized carbons (Fsp3) is 0.684. The highest BCUT2D eigenvalue weighted by molar-refractivity contribution is 5.21. The first-order valence-corrected chi connectivity index (χ1v) is 8.95. The van der Waals surface area contributed by atoms with E-state index in [1.807, 2.05) is 0 Å². The van der Waals surface area contributed by atoms with Gasteiger partial charge in [0.05, 0.1) is 20.1 Å². The number of benzene rings is 1. The lowest BCUT2D eigenvalue weighted by Crippen LogP contribution is -2.44. The lowest BCUT2D eigenvalue weighted by atomic mass is 10.1. The van der Waals surface area contributed by atoms with Gasteiger partial charge in [-0.15, -0.1) is 0 Å². The maximum Gasteiger partial charge on any atom is 0.104 e. The summed E-state index contributed by atoms with van der Waals surface area (Å²) in [7, 11) is 2.40. The Labute approximate surface area is 137 Å². The predicted molar refractivity (Wildman–Crippen MR) is 96.6 cm³/mol. The van der Waals surface area contributed by atoms with Crippen molar-refractivity contribution in [1.29, 1.82) is 0 Å². The fourth-order valence-corrected chi connectivity index (χ4v) is 3.08. The maximum absolute atomic E-state index is 5.68. The van der Waals surface area contributed by atoms with E-state index in [1.54, 1.807) is 0 Å². The highest BCUT2D eigenvalue weighted by atomic mass is 15.3. The van der Waals surface area contributed by atoms with Crippen molar-refractivity contribution in [2.24, 2.45) is 5.73 Å². The van der Waals surface area contributed by atoms with Crippen molar-refractivity contribution in [1.82, 2.24) is 5.32 Å². The zero-order chi connectivity index (χ0) is 16.3. The molecule has 22 heavy (non-hydrogen) atoms. The Morgan fingerprint density at radius 3 is 2.18 bits per heavy atom. The van der Waals surface area contributed by atoms with E-state index >= 15 is 0 Å². The molecule has 0 fully saturated rings. The molecular weight excluding hydrogens is 270 g/mol. The van der Waals surface area contributed by atoms with Crippen molar-refractivity contribution in [2.75, 3.05) is 33.2 Å². The molecule has 1 aromatic carbocycles.